The number of carbonyl (C=O) groups is 2. The molecule has 0 saturated heterocycles. The van der Waals surface area contributed by atoms with Crippen molar-refractivity contribution in [2.75, 3.05) is 17.6 Å². The van der Waals surface area contributed by atoms with Crippen LogP contribution in [0.25, 0.3) is 0 Å². The number of hydrogen-bond acceptors (Lipinski definition) is 5. The van der Waals surface area contributed by atoms with Crippen LogP contribution < -0.4 is 10.6 Å². The van der Waals surface area contributed by atoms with Gasteiger partial charge in [0.25, 0.3) is 0 Å². The van der Waals surface area contributed by atoms with Crippen molar-refractivity contribution < 1.29 is 14.7 Å². The van der Waals surface area contributed by atoms with Gasteiger partial charge in [-0.2, -0.15) is 5.10 Å². The molecule has 0 aromatic heterocycles. The van der Waals surface area contributed by atoms with Crippen LogP contribution in [0.2, 0.25) is 5.02 Å². The zero-order valence-electron chi connectivity index (χ0n) is 15.1. The smallest absolute Gasteiger partial charge is 0.319 e. The van der Waals surface area contributed by atoms with E-state index in [0.717, 1.165) is 17.3 Å². The van der Waals surface area contributed by atoms with Crippen LogP contribution in [-0.2, 0) is 6.54 Å². The van der Waals surface area contributed by atoms with Crippen molar-refractivity contribution in [2.24, 2.45) is 5.10 Å². The molecule has 9 heteroatoms. The molecule has 0 fully saturated rings. The number of urea groups is 1. The molecule has 146 valence electrons. The minimum Gasteiger partial charge on any atom is -0.507 e. The van der Waals surface area contributed by atoms with Gasteiger partial charge in [0.15, 0.2) is 0 Å². The first-order valence-corrected chi connectivity index (χ1v) is 9.97. The molecule has 7 nitrogen and oxygen atoms in total. The average molecular weight is 419 g/mol. The number of nitrogens with zero attached hydrogens (tertiary/aromatic N) is 2. The Morgan fingerprint density at radius 3 is 2.93 bits per heavy atom. The number of anilines is 1. The molecule has 3 rings (SSSR count). The first kappa shape index (κ1) is 20.0. The van der Waals surface area contributed by atoms with Crippen LogP contribution >= 0.6 is 23.4 Å². The lowest BCUT2D eigenvalue weighted by Gasteiger charge is -2.23. The minimum absolute atomic E-state index is 0.0613. The van der Waals surface area contributed by atoms with Crippen LogP contribution in [0.15, 0.2) is 47.6 Å². The summed E-state index contributed by atoms with van der Waals surface area (Å²) in [7, 11) is 0. The molecule has 1 heterocycles. The summed E-state index contributed by atoms with van der Waals surface area (Å²) in [6.45, 7) is 2.60. The van der Waals surface area contributed by atoms with Crippen molar-refractivity contribution >= 4 is 46.0 Å². The quantitative estimate of drug-likeness (QED) is 0.676. The van der Waals surface area contributed by atoms with Crippen molar-refractivity contribution in [2.45, 2.75) is 13.5 Å². The van der Waals surface area contributed by atoms with E-state index in [0.29, 0.717) is 34.3 Å². The Hall–Kier alpha value is -2.71. The van der Waals surface area contributed by atoms with E-state index < -0.39 is 0 Å². The lowest BCUT2D eigenvalue weighted by atomic mass is 10.1. The largest absolute Gasteiger partial charge is 0.507 e. The Labute approximate surface area is 171 Å². The molecular formula is C19H19ClN4O3S. The number of rotatable bonds is 5. The highest BCUT2D eigenvalue weighted by Gasteiger charge is 2.24. The van der Waals surface area contributed by atoms with E-state index in [9.17, 15) is 14.7 Å². The molecule has 0 unspecified atom stereocenters. The number of halogens is 1. The third kappa shape index (κ3) is 4.96. The molecule has 1 aliphatic rings. The molecule has 28 heavy (non-hydrogen) atoms. The Morgan fingerprint density at radius 2 is 2.14 bits per heavy atom. The topological polar surface area (TPSA) is 94.0 Å². The van der Waals surface area contributed by atoms with Crippen LogP contribution in [0.3, 0.4) is 0 Å². The third-order valence-corrected chi connectivity index (χ3v) is 5.02. The number of benzene rings is 2. The Balaban J connectivity index is 1.80. The van der Waals surface area contributed by atoms with Gasteiger partial charge in [-0.1, -0.05) is 35.5 Å². The zero-order valence-corrected chi connectivity index (χ0v) is 16.7. The molecule has 0 radical (unpaired) electrons. The van der Waals surface area contributed by atoms with E-state index in [1.165, 1.54) is 11.1 Å². The maximum Gasteiger partial charge on any atom is 0.319 e. The van der Waals surface area contributed by atoms with Crippen molar-refractivity contribution in [3.05, 3.63) is 58.6 Å². The third-order valence-electron chi connectivity index (χ3n) is 3.91. The standard InChI is InChI=1S/C19H19ClN4O3S/c1-2-21-18(26)22-14-5-3-4-12(8-14)10-24-19(27)28-11-16(23-24)15-9-13(20)6-7-17(15)25/h3-9,25H,2,10-11H2,1H3,(H2,21,22,26). The lowest BCUT2D eigenvalue weighted by molar-refractivity contribution is 0.222. The van der Waals surface area contributed by atoms with Crippen LogP contribution in [0, 0.1) is 0 Å². The zero-order chi connectivity index (χ0) is 20.1. The summed E-state index contributed by atoms with van der Waals surface area (Å²) in [6, 6.07) is 11.6. The van der Waals surface area contributed by atoms with E-state index in [1.807, 2.05) is 13.0 Å². The van der Waals surface area contributed by atoms with Crippen LogP contribution in [0.1, 0.15) is 18.1 Å². The fraction of sp³-hybridized carbons (Fsp3) is 0.211. The maximum absolute atomic E-state index is 12.3. The monoisotopic (exact) mass is 418 g/mol. The summed E-state index contributed by atoms with van der Waals surface area (Å²) in [5, 5.41) is 21.5. The molecule has 0 aliphatic carbocycles. The van der Waals surface area contributed by atoms with Gasteiger partial charge in [-0.25, -0.2) is 9.80 Å². The van der Waals surface area contributed by atoms with Crippen LogP contribution in [0.4, 0.5) is 15.3 Å². The molecule has 3 N–H and O–H groups in total. The van der Waals surface area contributed by atoms with E-state index in [1.54, 1.807) is 30.3 Å². The van der Waals surface area contributed by atoms with Gasteiger partial charge in [0, 0.05) is 28.6 Å². The van der Waals surface area contributed by atoms with E-state index in [4.69, 9.17) is 11.6 Å². The number of phenols is 1. The number of thioether (sulfide) groups is 1. The number of hydrogen-bond donors (Lipinski definition) is 3. The number of carbonyl (C=O) groups excluding carboxylic acids is 2. The van der Waals surface area contributed by atoms with Gasteiger partial charge in [-0.15, -0.1) is 0 Å². The van der Waals surface area contributed by atoms with Crippen molar-refractivity contribution in [3.8, 4) is 5.75 Å². The maximum atomic E-state index is 12.3. The van der Waals surface area contributed by atoms with Gasteiger partial charge in [0.05, 0.1) is 12.3 Å². The number of hydrazone groups is 1. The minimum atomic E-state index is -0.291. The summed E-state index contributed by atoms with van der Waals surface area (Å²) in [5.74, 6) is 0.411. The molecule has 3 amide bonds. The first-order chi connectivity index (χ1) is 13.5. The highest BCUT2D eigenvalue weighted by atomic mass is 35.5. The van der Waals surface area contributed by atoms with Crippen LogP contribution in [0.5, 0.6) is 5.75 Å². The highest BCUT2D eigenvalue weighted by molar-refractivity contribution is 8.14. The van der Waals surface area contributed by atoms with Gasteiger partial charge in [-0.05, 0) is 42.8 Å². The number of nitrogens with one attached hydrogen (secondary N) is 2. The van der Waals surface area contributed by atoms with Crippen LogP contribution in [-0.4, -0.2) is 39.4 Å². The molecule has 0 saturated carbocycles. The lowest BCUT2D eigenvalue weighted by Crippen LogP contribution is -2.30. The Kier molecular flexibility index (Phi) is 6.43. The molecular weight excluding hydrogens is 400 g/mol. The molecule has 2 aromatic rings. The SMILES string of the molecule is CCNC(=O)Nc1cccc(CN2N=C(c3cc(Cl)ccc3O)CSC2=O)c1. The normalized spacial score (nSPS) is 13.9. The van der Waals surface area contributed by atoms with Crippen molar-refractivity contribution in [1.82, 2.24) is 10.3 Å². The predicted molar refractivity (Wildman–Crippen MR) is 112 cm³/mol. The number of amides is 3. The summed E-state index contributed by atoms with van der Waals surface area (Å²) < 4.78 is 0. The number of phenolic OH excluding ortho intramolecular Hbond substituents is 1. The summed E-state index contributed by atoms with van der Waals surface area (Å²) in [5.41, 5.74) is 2.51. The van der Waals surface area contributed by atoms with Crippen molar-refractivity contribution in [3.63, 3.8) is 0 Å². The van der Waals surface area contributed by atoms with Gasteiger partial charge >= 0.3 is 11.3 Å². The van der Waals surface area contributed by atoms with Crippen molar-refractivity contribution in [1.29, 1.82) is 0 Å². The van der Waals surface area contributed by atoms with E-state index >= 15 is 0 Å². The first-order valence-electron chi connectivity index (χ1n) is 8.60. The van der Waals surface area contributed by atoms with E-state index in [2.05, 4.69) is 15.7 Å². The van der Waals surface area contributed by atoms with Gasteiger partial charge in [-0.3, -0.25) is 4.79 Å². The van der Waals surface area contributed by atoms with Gasteiger partial charge < -0.3 is 15.7 Å². The molecule has 0 spiro atoms. The second kappa shape index (κ2) is 8.99. The van der Waals surface area contributed by atoms with Gasteiger partial charge in [0.2, 0.25) is 0 Å². The number of aromatic hydroxyl groups is 1. The second-order valence-corrected chi connectivity index (χ2v) is 7.37. The summed E-state index contributed by atoms with van der Waals surface area (Å²) in [6.07, 6.45) is 0. The average Bonchev–Trinajstić information content (AvgIpc) is 2.66. The summed E-state index contributed by atoms with van der Waals surface area (Å²) in [4.78, 5) is 24.0. The Bertz CT molecular complexity index is 935. The molecule has 2 aromatic carbocycles. The van der Waals surface area contributed by atoms with E-state index in [-0.39, 0.29) is 23.6 Å². The molecule has 0 atom stereocenters. The molecule has 1 aliphatic heterocycles. The predicted octanol–water partition coefficient (Wildman–Crippen LogP) is 4.26. The summed E-state index contributed by atoms with van der Waals surface area (Å²) >= 11 is 7.13. The fourth-order valence-corrected chi connectivity index (χ4v) is 3.55. The second-order valence-electron chi connectivity index (χ2n) is 6.01. The molecule has 0 bridgehead atoms. The highest BCUT2D eigenvalue weighted by Crippen LogP contribution is 2.28. The fourth-order valence-electron chi connectivity index (χ4n) is 2.65. The van der Waals surface area contributed by atoms with Gasteiger partial charge in [0.1, 0.15) is 5.75 Å². The Morgan fingerprint density at radius 1 is 1.32 bits per heavy atom.